The number of carbonyl (C=O) groups excluding carboxylic acids is 1. The zero-order valence-corrected chi connectivity index (χ0v) is 10.2. The predicted octanol–water partition coefficient (Wildman–Crippen LogP) is 2.76. The molecule has 1 fully saturated rings. The van der Waals surface area contributed by atoms with Crippen LogP contribution in [0.1, 0.15) is 52.4 Å². The van der Waals surface area contributed by atoms with Crippen LogP contribution in [0.25, 0.3) is 0 Å². The first kappa shape index (κ1) is 12.7. The summed E-state index contributed by atoms with van der Waals surface area (Å²) in [5, 5.41) is 0. The Morgan fingerprint density at radius 3 is 2.40 bits per heavy atom. The molecule has 88 valence electrons. The Bertz CT molecular complexity index is 195. The SMILES string of the molecule is CC(C)CC(CN)C(=O)CC1CCCC1. The molecule has 1 rings (SSSR count). The van der Waals surface area contributed by atoms with Crippen molar-refractivity contribution in [1.82, 2.24) is 0 Å². The van der Waals surface area contributed by atoms with Crippen LogP contribution in [0.4, 0.5) is 0 Å². The quantitative estimate of drug-likeness (QED) is 0.734. The van der Waals surface area contributed by atoms with Crippen molar-refractivity contribution >= 4 is 5.78 Å². The van der Waals surface area contributed by atoms with Gasteiger partial charge in [0.1, 0.15) is 5.78 Å². The standard InChI is InChI=1S/C13H25NO/c1-10(2)7-12(9-14)13(15)8-11-5-3-4-6-11/h10-12H,3-9,14H2,1-2H3. The van der Waals surface area contributed by atoms with Gasteiger partial charge in [0.2, 0.25) is 0 Å². The van der Waals surface area contributed by atoms with Crippen LogP contribution in [0.2, 0.25) is 0 Å². The lowest BCUT2D eigenvalue weighted by Crippen LogP contribution is -2.26. The summed E-state index contributed by atoms with van der Waals surface area (Å²) < 4.78 is 0. The van der Waals surface area contributed by atoms with Crippen LogP contribution in [-0.2, 0) is 4.79 Å². The molecule has 1 aliphatic rings. The van der Waals surface area contributed by atoms with E-state index in [1.165, 1.54) is 25.7 Å². The highest BCUT2D eigenvalue weighted by Gasteiger charge is 2.23. The van der Waals surface area contributed by atoms with Crippen LogP contribution in [0, 0.1) is 17.8 Å². The fourth-order valence-corrected chi connectivity index (χ4v) is 2.59. The molecule has 1 saturated carbocycles. The van der Waals surface area contributed by atoms with Gasteiger partial charge in [-0.05, 0) is 18.3 Å². The number of carbonyl (C=O) groups is 1. The van der Waals surface area contributed by atoms with E-state index in [1.54, 1.807) is 0 Å². The smallest absolute Gasteiger partial charge is 0.137 e. The fraction of sp³-hybridized carbons (Fsp3) is 0.923. The molecule has 1 unspecified atom stereocenters. The lowest BCUT2D eigenvalue weighted by atomic mass is 9.88. The fourth-order valence-electron chi connectivity index (χ4n) is 2.59. The molecule has 0 aromatic carbocycles. The lowest BCUT2D eigenvalue weighted by molar-refractivity contribution is -0.124. The van der Waals surface area contributed by atoms with Crippen molar-refractivity contribution in [3.8, 4) is 0 Å². The van der Waals surface area contributed by atoms with Gasteiger partial charge in [-0.2, -0.15) is 0 Å². The predicted molar refractivity (Wildman–Crippen MR) is 63.6 cm³/mol. The first-order valence-electron chi connectivity index (χ1n) is 6.36. The summed E-state index contributed by atoms with van der Waals surface area (Å²) in [7, 11) is 0. The number of ketones is 1. The number of nitrogens with two attached hydrogens (primary N) is 1. The van der Waals surface area contributed by atoms with Gasteiger partial charge < -0.3 is 5.73 Å². The van der Waals surface area contributed by atoms with E-state index in [4.69, 9.17) is 5.73 Å². The maximum Gasteiger partial charge on any atom is 0.137 e. The van der Waals surface area contributed by atoms with Crippen LogP contribution in [0.3, 0.4) is 0 Å². The molecule has 2 nitrogen and oxygen atoms in total. The summed E-state index contributed by atoms with van der Waals surface area (Å²) in [6, 6.07) is 0. The zero-order chi connectivity index (χ0) is 11.3. The Balaban J connectivity index is 2.34. The third kappa shape index (κ3) is 4.33. The lowest BCUT2D eigenvalue weighted by Gasteiger charge is -2.17. The van der Waals surface area contributed by atoms with Crippen LogP contribution in [-0.4, -0.2) is 12.3 Å². The van der Waals surface area contributed by atoms with Crippen molar-refractivity contribution in [3.63, 3.8) is 0 Å². The molecular formula is C13H25NO. The second-order valence-corrected chi connectivity index (χ2v) is 5.38. The zero-order valence-electron chi connectivity index (χ0n) is 10.2. The average molecular weight is 211 g/mol. The highest BCUT2D eigenvalue weighted by atomic mass is 16.1. The van der Waals surface area contributed by atoms with Crippen LogP contribution >= 0.6 is 0 Å². The Morgan fingerprint density at radius 2 is 1.93 bits per heavy atom. The number of hydrogen-bond donors (Lipinski definition) is 1. The highest BCUT2D eigenvalue weighted by molar-refractivity contribution is 5.81. The molecule has 0 saturated heterocycles. The van der Waals surface area contributed by atoms with Crippen molar-refractivity contribution in [2.75, 3.05) is 6.54 Å². The molecule has 0 aliphatic heterocycles. The summed E-state index contributed by atoms with van der Waals surface area (Å²) in [5.74, 6) is 1.77. The minimum Gasteiger partial charge on any atom is -0.330 e. The van der Waals surface area contributed by atoms with Crippen LogP contribution in [0.5, 0.6) is 0 Å². The second-order valence-electron chi connectivity index (χ2n) is 5.38. The van der Waals surface area contributed by atoms with Gasteiger partial charge in [0.25, 0.3) is 0 Å². The molecule has 0 aromatic heterocycles. The van der Waals surface area contributed by atoms with E-state index < -0.39 is 0 Å². The van der Waals surface area contributed by atoms with Gasteiger partial charge >= 0.3 is 0 Å². The summed E-state index contributed by atoms with van der Waals surface area (Å²) in [6.07, 6.45) is 6.89. The Hall–Kier alpha value is -0.370. The first-order valence-corrected chi connectivity index (χ1v) is 6.36. The molecule has 2 heteroatoms. The largest absolute Gasteiger partial charge is 0.330 e. The Morgan fingerprint density at radius 1 is 1.33 bits per heavy atom. The van der Waals surface area contributed by atoms with E-state index in [0.717, 1.165) is 12.8 Å². The monoisotopic (exact) mass is 211 g/mol. The van der Waals surface area contributed by atoms with Gasteiger partial charge in [-0.1, -0.05) is 39.5 Å². The third-order valence-corrected chi connectivity index (χ3v) is 3.46. The highest BCUT2D eigenvalue weighted by Crippen LogP contribution is 2.29. The van der Waals surface area contributed by atoms with E-state index in [2.05, 4.69) is 13.8 Å². The minimum absolute atomic E-state index is 0.116. The molecule has 15 heavy (non-hydrogen) atoms. The van der Waals surface area contributed by atoms with Gasteiger partial charge in [-0.25, -0.2) is 0 Å². The Labute approximate surface area is 93.6 Å². The minimum atomic E-state index is 0.116. The number of Topliss-reactive ketones (excluding diaryl/α,β-unsaturated/α-hetero) is 1. The third-order valence-electron chi connectivity index (χ3n) is 3.46. The average Bonchev–Trinajstić information content (AvgIpc) is 2.66. The number of rotatable bonds is 6. The molecule has 1 aliphatic carbocycles. The van der Waals surface area contributed by atoms with E-state index in [9.17, 15) is 4.79 Å². The maximum absolute atomic E-state index is 12.0. The van der Waals surface area contributed by atoms with E-state index >= 15 is 0 Å². The van der Waals surface area contributed by atoms with Gasteiger partial charge in [0, 0.05) is 18.9 Å². The van der Waals surface area contributed by atoms with E-state index in [0.29, 0.717) is 24.2 Å². The van der Waals surface area contributed by atoms with Crippen LogP contribution < -0.4 is 5.73 Å². The molecule has 2 N–H and O–H groups in total. The Kier molecular flexibility index (Phi) is 5.30. The summed E-state index contributed by atoms with van der Waals surface area (Å²) in [6.45, 7) is 4.85. The van der Waals surface area contributed by atoms with Crippen LogP contribution in [0.15, 0.2) is 0 Å². The van der Waals surface area contributed by atoms with Crippen molar-refractivity contribution in [1.29, 1.82) is 0 Å². The molecule has 0 spiro atoms. The van der Waals surface area contributed by atoms with Crippen molar-refractivity contribution in [2.45, 2.75) is 52.4 Å². The van der Waals surface area contributed by atoms with Crippen molar-refractivity contribution in [3.05, 3.63) is 0 Å². The second kappa shape index (κ2) is 6.26. The molecular weight excluding hydrogens is 186 g/mol. The summed E-state index contributed by atoms with van der Waals surface area (Å²) in [5.41, 5.74) is 5.68. The summed E-state index contributed by atoms with van der Waals surface area (Å²) >= 11 is 0. The molecule has 0 aromatic rings. The van der Waals surface area contributed by atoms with Gasteiger partial charge in [0.05, 0.1) is 0 Å². The van der Waals surface area contributed by atoms with Crippen molar-refractivity contribution < 1.29 is 4.79 Å². The normalized spacial score (nSPS) is 19.7. The van der Waals surface area contributed by atoms with E-state index in [1.807, 2.05) is 0 Å². The molecule has 1 atom stereocenters. The van der Waals surface area contributed by atoms with Crippen molar-refractivity contribution in [2.24, 2.45) is 23.5 Å². The number of hydrogen-bond acceptors (Lipinski definition) is 2. The van der Waals surface area contributed by atoms with Gasteiger partial charge in [0.15, 0.2) is 0 Å². The molecule has 0 amide bonds. The topological polar surface area (TPSA) is 43.1 Å². The molecule has 0 bridgehead atoms. The molecule has 0 radical (unpaired) electrons. The molecule has 0 heterocycles. The first-order chi connectivity index (χ1) is 7.13. The maximum atomic E-state index is 12.0. The van der Waals surface area contributed by atoms with Gasteiger partial charge in [-0.3, -0.25) is 4.79 Å². The van der Waals surface area contributed by atoms with Gasteiger partial charge in [-0.15, -0.1) is 0 Å². The summed E-state index contributed by atoms with van der Waals surface area (Å²) in [4.78, 5) is 12.0. The van der Waals surface area contributed by atoms with E-state index in [-0.39, 0.29) is 5.92 Å².